The molecule has 1 heterocycles. The molecule has 0 unspecified atom stereocenters. The minimum Gasteiger partial charge on any atom is -0.348 e. The first-order valence-electron chi connectivity index (χ1n) is 5.29. The van der Waals surface area contributed by atoms with Crippen molar-refractivity contribution in [3.05, 3.63) is 63.9 Å². The van der Waals surface area contributed by atoms with Crippen molar-refractivity contribution < 1.29 is 4.79 Å². The van der Waals surface area contributed by atoms with E-state index in [4.69, 9.17) is 23.2 Å². The molecule has 3 nitrogen and oxygen atoms in total. The maximum atomic E-state index is 11.8. The monoisotopic (exact) mass is 280 g/mol. The maximum absolute atomic E-state index is 11.8. The number of nitrogens with one attached hydrogen (secondary N) is 1. The number of hydrogen-bond acceptors (Lipinski definition) is 2. The summed E-state index contributed by atoms with van der Waals surface area (Å²) in [4.78, 5) is 15.6. The first kappa shape index (κ1) is 12.9. The van der Waals surface area contributed by atoms with Gasteiger partial charge in [0, 0.05) is 24.5 Å². The third-order valence-electron chi connectivity index (χ3n) is 2.38. The van der Waals surface area contributed by atoms with E-state index in [0.717, 1.165) is 5.56 Å². The van der Waals surface area contributed by atoms with Crippen molar-refractivity contribution in [3.8, 4) is 0 Å². The van der Waals surface area contributed by atoms with Crippen LogP contribution in [-0.4, -0.2) is 10.9 Å². The van der Waals surface area contributed by atoms with Crippen molar-refractivity contribution in [3.63, 3.8) is 0 Å². The predicted octanol–water partition coefficient (Wildman–Crippen LogP) is 3.32. The highest BCUT2D eigenvalue weighted by molar-refractivity contribution is 6.42. The Morgan fingerprint density at radius 1 is 1.11 bits per heavy atom. The molecule has 0 radical (unpaired) electrons. The van der Waals surface area contributed by atoms with Crippen LogP contribution in [0.3, 0.4) is 0 Å². The average molecular weight is 281 g/mol. The van der Waals surface area contributed by atoms with Crippen LogP contribution in [0.4, 0.5) is 0 Å². The molecular formula is C13H10Cl2N2O. The van der Waals surface area contributed by atoms with E-state index >= 15 is 0 Å². The fourth-order valence-electron chi connectivity index (χ4n) is 1.44. The van der Waals surface area contributed by atoms with Gasteiger partial charge in [-0.05, 0) is 29.8 Å². The minimum absolute atomic E-state index is 0.150. The summed E-state index contributed by atoms with van der Waals surface area (Å²) in [6.07, 6.45) is 3.15. The summed E-state index contributed by atoms with van der Waals surface area (Å²) < 4.78 is 0. The highest BCUT2D eigenvalue weighted by Crippen LogP contribution is 2.22. The molecule has 92 valence electrons. The number of carbonyl (C=O) groups is 1. The number of nitrogens with zero attached hydrogens (tertiary/aromatic N) is 1. The highest BCUT2D eigenvalue weighted by Gasteiger charge is 2.05. The molecule has 0 atom stereocenters. The largest absolute Gasteiger partial charge is 0.348 e. The van der Waals surface area contributed by atoms with Gasteiger partial charge in [-0.15, -0.1) is 0 Å². The molecule has 1 N–H and O–H groups in total. The van der Waals surface area contributed by atoms with Crippen molar-refractivity contribution in [2.75, 3.05) is 0 Å². The third-order valence-corrected chi connectivity index (χ3v) is 3.12. The number of pyridine rings is 1. The molecule has 1 amide bonds. The van der Waals surface area contributed by atoms with Crippen LogP contribution in [-0.2, 0) is 6.54 Å². The van der Waals surface area contributed by atoms with E-state index in [-0.39, 0.29) is 5.91 Å². The van der Waals surface area contributed by atoms with E-state index in [2.05, 4.69) is 10.3 Å². The standard InChI is InChI=1S/C13H10Cl2N2O/c14-11-2-1-9(7-12(11)15)8-17-13(18)10-3-5-16-6-4-10/h1-7H,8H2,(H,17,18). The zero-order valence-corrected chi connectivity index (χ0v) is 10.9. The molecule has 5 heteroatoms. The van der Waals surface area contributed by atoms with Gasteiger partial charge in [0.15, 0.2) is 0 Å². The van der Waals surface area contributed by atoms with Gasteiger partial charge in [0.25, 0.3) is 5.91 Å². The van der Waals surface area contributed by atoms with Crippen LogP contribution in [0, 0.1) is 0 Å². The summed E-state index contributed by atoms with van der Waals surface area (Å²) in [5, 5.41) is 3.77. The summed E-state index contributed by atoms with van der Waals surface area (Å²) in [6, 6.07) is 8.57. The van der Waals surface area contributed by atoms with Crippen LogP contribution in [0.1, 0.15) is 15.9 Å². The van der Waals surface area contributed by atoms with Crippen molar-refractivity contribution in [1.82, 2.24) is 10.3 Å². The Morgan fingerprint density at radius 3 is 2.50 bits per heavy atom. The Bertz CT molecular complexity index is 558. The van der Waals surface area contributed by atoms with Crippen LogP contribution in [0.25, 0.3) is 0 Å². The topological polar surface area (TPSA) is 42.0 Å². The molecule has 0 spiro atoms. The fraction of sp³-hybridized carbons (Fsp3) is 0.0769. The Morgan fingerprint density at radius 2 is 1.83 bits per heavy atom. The number of amides is 1. The molecule has 0 aliphatic heterocycles. The van der Waals surface area contributed by atoms with Crippen molar-refractivity contribution >= 4 is 29.1 Å². The minimum atomic E-state index is -0.150. The lowest BCUT2D eigenvalue weighted by Gasteiger charge is -2.06. The third kappa shape index (κ3) is 3.22. The Kier molecular flexibility index (Phi) is 4.18. The van der Waals surface area contributed by atoms with E-state index in [1.54, 1.807) is 36.7 Å². The molecule has 0 bridgehead atoms. The normalized spacial score (nSPS) is 10.1. The Balaban J connectivity index is 1.99. The van der Waals surface area contributed by atoms with Crippen LogP contribution < -0.4 is 5.32 Å². The number of aromatic nitrogens is 1. The summed E-state index contributed by atoms with van der Waals surface area (Å²) in [5.41, 5.74) is 1.47. The average Bonchev–Trinajstić information content (AvgIpc) is 2.41. The lowest BCUT2D eigenvalue weighted by Crippen LogP contribution is -2.22. The molecule has 1 aromatic heterocycles. The molecule has 1 aromatic carbocycles. The fourth-order valence-corrected chi connectivity index (χ4v) is 1.76. The number of benzene rings is 1. The summed E-state index contributed by atoms with van der Waals surface area (Å²) in [5.74, 6) is -0.150. The number of hydrogen-bond donors (Lipinski definition) is 1. The maximum Gasteiger partial charge on any atom is 0.251 e. The Labute approximate surface area is 115 Å². The van der Waals surface area contributed by atoms with Crippen molar-refractivity contribution in [2.45, 2.75) is 6.54 Å². The quantitative estimate of drug-likeness (QED) is 0.937. The highest BCUT2D eigenvalue weighted by atomic mass is 35.5. The summed E-state index contributed by atoms with van der Waals surface area (Å²) in [7, 11) is 0. The number of carbonyl (C=O) groups excluding carboxylic acids is 1. The van der Waals surface area contributed by atoms with Crippen LogP contribution in [0.5, 0.6) is 0 Å². The van der Waals surface area contributed by atoms with Gasteiger partial charge >= 0.3 is 0 Å². The van der Waals surface area contributed by atoms with Crippen molar-refractivity contribution in [1.29, 1.82) is 0 Å². The predicted molar refractivity (Wildman–Crippen MR) is 71.9 cm³/mol. The van der Waals surface area contributed by atoms with Gasteiger partial charge in [0.05, 0.1) is 10.0 Å². The molecule has 2 rings (SSSR count). The first-order chi connectivity index (χ1) is 8.66. The summed E-state index contributed by atoms with van der Waals surface area (Å²) >= 11 is 11.7. The van der Waals surface area contributed by atoms with Crippen LogP contribution in [0.15, 0.2) is 42.7 Å². The molecule has 18 heavy (non-hydrogen) atoms. The van der Waals surface area contributed by atoms with Crippen molar-refractivity contribution in [2.24, 2.45) is 0 Å². The molecule has 2 aromatic rings. The molecule has 0 aliphatic carbocycles. The summed E-state index contributed by atoms with van der Waals surface area (Å²) in [6.45, 7) is 0.401. The second-order valence-electron chi connectivity index (χ2n) is 3.67. The smallest absolute Gasteiger partial charge is 0.251 e. The molecule has 0 saturated heterocycles. The lowest BCUT2D eigenvalue weighted by atomic mass is 10.2. The first-order valence-corrected chi connectivity index (χ1v) is 6.04. The molecule has 0 aliphatic rings. The SMILES string of the molecule is O=C(NCc1ccc(Cl)c(Cl)c1)c1ccncc1. The molecule has 0 saturated carbocycles. The Hall–Kier alpha value is -1.58. The van der Waals surface area contributed by atoms with E-state index in [1.165, 1.54) is 0 Å². The number of halogens is 2. The lowest BCUT2D eigenvalue weighted by molar-refractivity contribution is 0.0951. The van der Waals surface area contributed by atoms with Gasteiger partial charge in [-0.25, -0.2) is 0 Å². The van der Waals surface area contributed by atoms with E-state index in [0.29, 0.717) is 22.2 Å². The van der Waals surface area contributed by atoms with Gasteiger partial charge in [0.2, 0.25) is 0 Å². The number of rotatable bonds is 3. The second-order valence-corrected chi connectivity index (χ2v) is 4.48. The zero-order chi connectivity index (χ0) is 13.0. The van der Waals surface area contributed by atoms with Gasteiger partial charge in [-0.1, -0.05) is 29.3 Å². The van der Waals surface area contributed by atoms with Gasteiger partial charge in [-0.2, -0.15) is 0 Å². The van der Waals surface area contributed by atoms with Gasteiger partial charge < -0.3 is 5.32 Å². The van der Waals surface area contributed by atoms with E-state index in [1.807, 2.05) is 6.07 Å². The molecular weight excluding hydrogens is 271 g/mol. The van der Waals surface area contributed by atoms with E-state index < -0.39 is 0 Å². The van der Waals surface area contributed by atoms with Gasteiger partial charge in [-0.3, -0.25) is 9.78 Å². The van der Waals surface area contributed by atoms with Crippen LogP contribution in [0.2, 0.25) is 10.0 Å². The van der Waals surface area contributed by atoms with Gasteiger partial charge in [0.1, 0.15) is 0 Å². The zero-order valence-electron chi connectivity index (χ0n) is 9.36. The van der Waals surface area contributed by atoms with Crippen LogP contribution >= 0.6 is 23.2 Å². The van der Waals surface area contributed by atoms with E-state index in [9.17, 15) is 4.79 Å². The second kappa shape index (κ2) is 5.85. The molecule has 0 fully saturated rings.